The molecule has 4 nitrogen and oxygen atoms in total. The zero-order valence-electron chi connectivity index (χ0n) is 18.7. The molecule has 0 rings (SSSR count). The maximum Gasteiger partial charge on any atom is 0.305 e. The average Bonchev–Trinajstić information content (AvgIpc) is 2.70. The van der Waals surface area contributed by atoms with Gasteiger partial charge in [0.15, 0.2) is 0 Å². The number of ether oxygens (including phenoxy) is 3. The Hall–Kier alpha value is -0.870. The Labute approximate surface area is 174 Å². The highest BCUT2D eigenvalue weighted by Gasteiger charge is 2.02. The van der Waals surface area contributed by atoms with Crippen molar-refractivity contribution in [1.29, 1.82) is 0 Å². The summed E-state index contributed by atoms with van der Waals surface area (Å²) in [5, 5.41) is 0. The number of rotatable bonds is 22. The second-order valence-corrected chi connectivity index (χ2v) is 7.36. The first-order valence-electron chi connectivity index (χ1n) is 11.8. The molecule has 4 heteroatoms. The van der Waals surface area contributed by atoms with Gasteiger partial charge in [-0.25, -0.2) is 0 Å². The van der Waals surface area contributed by atoms with Crippen molar-refractivity contribution in [3.05, 3.63) is 12.2 Å². The molecule has 0 spiro atoms. The Morgan fingerprint density at radius 3 is 1.82 bits per heavy atom. The summed E-state index contributed by atoms with van der Waals surface area (Å²) in [7, 11) is 0. The lowest BCUT2D eigenvalue weighted by molar-refractivity contribution is -0.145. The molecule has 0 aliphatic carbocycles. The monoisotopic (exact) mass is 398 g/mol. The van der Waals surface area contributed by atoms with Crippen molar-refractivity contribution in [3.8, 4) is 0 Å². The van der Waals surface area contributed by atoms with E-state index in [4.69, 9.17) is 14.2 Å². The van der Waals surface area contributed by atoms with Crippen molar-refractivity contribution >= 4 is 5.97 Å². The second kappa shape index (κ2) is 24.2. The maximum absolute atomic E-state index is 11.6. The standard InChI is InChI=1S/C24H46O4/c1-3-5-6-7-8-9-10-11-12-13-14-15-16-17-18-19-24(25)28-23-22-27-21-20-26-4-2/h11-12H,3-10,13-23H2,1-2H3/b12-11+. The summed E-state index contributed by atoms with van der Waals surface area (Å²) in [4.78, 5) is 11.6. The predicted octanol–water partition coefficient (Wildman–Crippen LogP) is 6.62. The molecule has 0 fully saturated rings. The number of esters is 1. The minimum atomic E-state index is -0.106. The molecule has 0 aromatic heterocycles. The summed E-state index contributed by atoms with van der Waals surface area (Å²) in [6.07, 6.45) is 21.7. The normalized spacial score (nSPS) is 11.4. The molecule has 0 amide bonds. The third kappa shape index (κ3) is 23.2. The van der Waals surface area contributed by atoms with Crippen LogP contribution >= 0.6 is 0 Å². The van der Waals surface area contributed by atoms with E-state index in [-0.39, 0.29) is 5.97 Å². The Morgan fingerprint density at radius 1 is 0.643 bits per heavy atom. The highest BCUT2D eigenvalue weighted by Crippen LogP contribution is 2.10. The molecular formula is C24H46O4. The topological polar surface area (TPSA) is 44.8 Å². The molecule has 0 aliphatic heterocycles. The van der Waals surface area contributed by atoms with Crippen LogP contribution in [0, 0.1) is 0 Å². The van der Waals surface area contributed by atoms with Gasteiger partial charge < -0.3 is 14.2 Å². The Balaban J connectivity index is 3.19. The van der Waals surface area contributed by atoms with Gasteiger partial charge in [-0.15, -0.1) is 0 Å². The molecule has 0 aliphatic rings. The van der Waals surface area contributed by atoms with Gasteiger partial charge >= 0.3 is 5.97 Å². The average molecular weight is 399 g/mol. The van der Waals surface area contributed by atoms with E-state index in [9.17, 15) is 4.79 Å². The largest absolute Gasteiger partial charge is 0.463 e. The molecule has 0 heterocycles. The van der Waals surface area contributed by atoms with E-state index < -0.39 is 0 Å². The molecule has 0 N–H and O–H groups in total. The van der Waals surface area contributed by atoms with Crippen molar-refractivity contribution in [2.45, 2.75) is 104 Å². The highest BCUT2D eigenvalue weighted by molar-refractivity contribution is 5.69. The van der Waals surface area contributed by atoms with Gasteiger partial charge in [-0.3, -0.25) is 4.79 Å². The summed E-state index contributed by atoms with van der Waals surface area (Å²) in [6.45, 7) is 6.87. The Bertz CT molecular complexity index is 341. The quantitative estimate of drug-likeness (QED) is 0.117. The van der Waals surface area contributed by atoms with E-state index in [1.165, 1.54) is 70.6 Å². The molecule has 0 radical (unpaired) electrons. The Kier molecular flexibility index (Phi) is 23.4. The SMILES string of the molecule is CCCCCCCC/C=C/CCCCCCCC(=O)OCCOCCOCC. The number of carbonyl (C=O) groups is 1. The van der Waals surface area contributed by atoms with Crippen molar-refractivity contribution < 1.29 is 19.0 Å². The summed E-state index contributed by atoms with van der Waals surface area (Å²) in [5.41, 5.74) is 0. The molecule has 0 aromatic rings. The van der Waals surface area contributed by atoms with E-state index in [1.807, 2.05) is 6.92 Å². The highest BCUT2D eigenvalue weighted by atomic mass is 16.6. The number of allylic oxidation sites excluding steroid dienone is 2. The van der Waals surface area contributed by atoms with Crippen LogP contribution in [0.3, 0.4) is 0 Å². The molecule has 0 atom stereocenters. The van der Waals surface area contributed by atoms with Crippen molar-refractivity contribution in [2.24, 2.45) is 0 Å². The summed E-state index contributed by atoms with van der Waals surface area (Å²) in [6, 6.07) is 0. The summed E-state index contributed by atoms with van der Waals surface area (Å²) < 4.78 is 15.6. The first-order chi connectivity index (χ1) is 13.8. The van der Waals surface area contributed by atoms with Crippen LogP contribution in [0.5, 0.6) is 0 Å². The third-order valence-corrected chi connectivity index (χ3v) is 4.71. The van der Waals surface area contributed by atoms with Crippen LogP contribution in [0.1, 0.15) is 104 Å². The smallest absolute Gasteiger partial charge is 0.305 e. The van der Waals surface area contributed by atoms with E-state index in [0.717, 1.165) is 12.8 Å². The van der Waals surface area contributed by atoms with Gasteiger partial charge in [-0.1, -0.05) is 70.4 Å². The molecule has 0 unspecified atom stereocenters. The zero-order valence-corrected chi connectivity index (χ0v) is 18.7. The van der Waals surface area contributed by atoms with Crippen molar-refractivity contribution in [3.63, 3.8) is 0 Å². The second-order valence-electron chi connectivity index (χ2n) is 7.36. The minimum absolute atomic E-state index is 0.106. The summed E-state index contributed by atoms with van der Waals surface area (Å²) in [5.74, 6) is -0.106. The minimum Gasteiger partial charge on any atom is -0.463 e. The Morgan fingerprint density at radius 2 is 1.18 bits per heavy atom. The lowest BCUT2D eigenvalue weighted by atomic mass is 10.1. The van der Waals surface area contributed by atoms with Gasteiger partial charge in [-0.05, 0) is 39.0 Å². The van der Waals surface area contributed by atoms with Gasteiger partial charge in [0.25, 0.3) is 0 Å². The van der Waals surface area contributed by atoms with Crippen molar-refractivity contribution in [2.75, 3.05) is 33.0 Å². The van der Waals surface area contributed by atoms with E-state index in [0.29, 0.717) is 39.5 Å². The lowest BCUT2D eigenvalue weighted by Crippen LogP contribution is -2.12. The molecule has 166 valence electrons. The lowest BCUT2D eigenvalue weighted by Gasteiger charge is -2.06. The number of carbonyl (C=O) groups excluding carboxylic acids is 1. The van der Waals surface area contributed by atoms with Crippen LogP contribution in [-0.4, -0.2) is 39.0 Å². The fourth-order valence-corrected chi connectivity index (χ4v) is 2.99. The van der Waals surface area contributed by atoms with Crippen LogP contribution in [-0.2, 0) is 19.0 Å². The van der Waals surface area contributed by atoms with Gasteiger partial charge in [0.1, 0.15) is 6.61 Å². The summed E-state index contributed by atoms with van der Waals surface area (Å²) >= 11 is 0. The number of unbranched alkanes of at least 4 members (excludes halogenated alkanes) is 11. The number of hydrogen-bond acceptors (Lipinski definition) is 4. The van der Waals surface area contributed by atoms with E-state index in [1.54, 1.807) is 0 Å². The zero-order chi connectivity index (χ0) is 20.5. The molecule has 0 aromatic carbocycles. The molecular weight excluding hydrogens is 352 g/mol. The molecule has 0 saturated carbocycles. The van der Waals surface area contributed by atoms with E-state index >= 15 is 0 Å². The molecule has 0 bridgehead atoms. The number of hydrogen-bond donors (Lipinski definition) is 0. The van der Waals surface area contributed by atoms with Crippen molar-refractivity contribution in [1.82, 2.24) is 0 Å². The van der Waals surface area contributed by atoms with Gasteiger partial charge in [0.05, 0.1) is 19.8 Å². The predicted molar refractivity (Wildman–Crippen MR) is 118 cm³/mol. The van der Waals surface area contributed by atoms with Crippen LogP contribution in [0.15, 0.2) is 12.2 Å². The van der Waals surface area contributed by atoms with Crippen LogP contribution in [0.2, 0.25) is 0 Å². The van der Waals surface area contributed by atoms with Gasteiger partial charge in [0, 0.05) is 13.0 Å². The molecule has 28 heavy (non-hydrogen) atoms. The first kappa shape index (κ1) is 27.1. The fourth-order valence-electron chi connectivity index (χ4n) is 2.99. The van der Waals surface area contributed by atoms with Crippen LogP contribution < -0.4 is 0 Å². The van der Waals surface area contributed by atoms with Crippen LogP contribution in [0.25, 0.3) is 0 Å². The third-order valence-electron chi connectivity index (χ3n) is 4.71. The fraction of sp³-hybridized carbons (Fsp3) is 0.875. The molecule has 0 saturated heterocycles. The van der Waals surface area contributed by atoms with E-state index in [2.05, 4.69) is 19.1 Å². The maximum atomic E-state index is 11.6. The first-order valence-corrected chi connectivity index (χ1v) is 11.8. The van der Waals surface area contributed by atoms with Gasteiger partial charge in [-0.2, -0.15) is 0 Å². The van der Waals surface area contributed by atoms with Crippen LogP contribution in [0.4, 0.5) is 0 Å². The van der Waals surface area contributed by atoms with Gasteiger partial charge in [0.2, 0.25) is 0 Å².